The molecule has 0 aliphatic carbocycles. The first-order valence-electron chi connectivity index (χ1n) is 6.93. The molecule has 0 unspecified atom stereocenters. The van der Waals surface area contributed by atoms with Gasteiger partial charge in [-0.05, 0) is 26.0 Å². The highest BCUT2D eigenvalue weighted by Gasteiger charge is 2.21. The maximum absolute atomic E-state index is 12.6. The zero-order chi connectivity index (χ0) is 16.1. The Labute approximate surface area is 127 Å². The van der Waals surface area contributed by atoms with Gasteiger partial charge in [-0.1, -0.05) is 17.3 Å². The Bertz CT molecular complexity index is 681. The molecule has 0 aliphatic heterocycles. The third-order valence-electron chi connectivity index (χ3n) is 3.18. The lowest BCUT2D eigenvalue weighted by atomic mass is 10.1. The van der Waals surface area contributed by atoms with Crippen molar-refractivity contribution in [2.24, 2.45) is 0 Å². The van der Waals surface area contributed by atoms with E-state index >= 15 is 0 Å². The van der Waals surface area contributed by atoms with E-state index in [1.165, 1.54) is 4.90 Å². The maximum Gasteiger partial charge on any atom is 0.305 e. The number of carboxylic acids is 1. The molecule has 1 heterocycles. The molecule has 2 rings (SSSR count). The number of benzene rings is 1. The normalized spacial score (nSPS) is 10.5. The van der Waals surface area contributed by atoms with E-state index in [2.05, 4.69) is 10.1 Å². The molecule has 1 N–H and O–H groups in total. The van der Waals surface area contributed by atoms with Crippen LogP contribution in [0, 0.1) is 6.92 Å². The molecule has 7 heteroatoms. The number of nitrogens with zero attached hydrogens (tertiary/aromatic N) is 3. The molecule has 1 aromatic heterocycles. The summed E-state index contributed by atoms with van der Waals surface area (Å²) in [4.78, 5) is 29.0. The third kappa shape index (κ3) is 3.49. The van der Waals surface area contributed by atoms with Gasteiger partial charge in [-0.3, -0.25) is 9.59 Å². The molecule has 22 heavy (non-hydrogen) atoms. The largest absolute Gasteiger partial charge is 0.481 e. The van der Waals surface area contributed by atoms with E-state index in [9.17, 15) is 9.59 Å². The zero-order valence-electron chi connectivity index (χ0n) is 12.4. The number of carboxylic acid groups (broad SMARTS) is 1. The van der Waals surface area contributed by atoms with Gasteiger partial charge in [0, 0.05) is 13.1 Å². The van der Waals surface area contributed by atoms with Crippen LogP contribution in [0.15, 0.2) is 28.8 Å². The number of aryl methyl sites for hydroxylation is 1. The Morgan fingerprint density at radius 1 is 1.32 bits per heavy atom. The Morgan fingerprint density at radius 2 is 2.05 bits per heavy atom. The molecule has 2 aromatic rings. The van der Waals surface area contributed by atoms with Gasteiger partial charge < -0.3 is 14.5 Å². The molecular formula is C15H17N3O4. The van der Waals surface area contributed by atoms with Gasteiger partial charge >= 0.3 is 5.97 Å². The summed E-state index contributed by atoms with van der Waals surface area (Å²) in [5, 5.41) is 12.5. The molecule has 0 aliphatic rings. The lowest BCUT2D eigenvalue weighted by Gasteiger charge is -2.20. The van der Waals surface area contributed by atoms with Gasteiger partial charge in [-0.2, -0.15) is 4.98 Å². The van der Waals surface area contributed by atoms with Crippen molar-refractivity contribution in [1.82, 2.24) is 15.0 Å². The molecule has 1 aromatic carbocycles. The van der Waals surface area contributed by atoms with Crippen molar-refractivity contribution in [3.8, 4) is 11.5 Å². The number of amides is 1. The van der Waals surface area contributed by atoms with E-state index in [1.807, 2.05) is 0 Å². The predicted octanol–water partition coefficient (Wildman–Crippen LogP) is 1.98. The average molecular weight is 303 g/mol. The minimum absolute atomic E-state index is 0.0958. The summed E-state index contributed by atoms with van der Waals surface area (Å²) in [5.41, 5.74) is 0.959. The second kappa shape index (κ2) is 6.84. The number of rotatable bonds is 6. The molecule has 0 saturated carbocycles. The quantitative estimate of drug-likeness (QED) is 0.876. The standard InChI is InChI=1S/C15H17N3O4/c1-3-18(9-8-13(19)20)15(21)12-7-5-4-6-11(12)14-16-10(2)17-22-14/h4-7H,3,8-9H2,1-2H3,(H,19,20). The van der Waals surface area contributed by atoms with Crippen molar-refractivity contribution in [2.75, 3.05) is 13.1 Å². The van der Waals surface area contributed by atoms with Crippen molar-refractivity contribution in [3.05, 3.63) is 35.7 Å². The van der Waals surface area contributed by atoms with Crippen LogP contribution in [-0.2, 0) is 4.79 Å². The summed E-state index contributed by atoms with van der Waals surface area (Å²) in [7, 11) is 0. The van der Waals surface area contributed by atoms with Crippen molar-refractivity contribution < 1.29 is 19.2 Å². The van der Waals surface area contributed by atoms with Crippen LogP contribution in [0.5, 0.6) is 0 Å². The smallest absolute Gasteiger partial charge is 0.305 e. The molecule has 0 atom stereocenters. The predicted molar refractivity (Wildman–Crippen MR) is 78.3 cm³/mol. The molecular weight excluding hydrogens is 286 g/mol. The minimum Gasteiger partial charge on any atom is -0.481 e. The number of hydrogen-bond acceptors (Lipinski definition) is 5. The summed E-state index contributed by atoms with van der Waals surface area (Å²) in [5.74, 6) is -0.437. The van der Waals surface area contributed by atoms with E-state index in [0.29, 0.717) is 23.5 Å². The molecule has 0 radical (unpaired) electrons. The Kier molecular flexibility index (Phi) is 4.88. The van der Waals surface area contributed by atoms with E-state index in [1.54, 1.807) is 38.1 Å². The van der Waals surface area contributed by atoms with E-state index in [4.69, 9.17) is 9.63 Å². The molecule has 1 amide bonds. The monoisotopic (exact) mass is 303 g/mol. The highest BCUT2D eigenvalue weighted by Crippen LogP contribution is 2.23. The topological polar surface area (TPSA) is 96.5 Å². The fraction of sp³-hybridized carbons (Fsp3) is 0.333. The summed E-state index contributed by atoms with van der Waals surface area (Å²) in [6.45, 7) is 4.08. The summed E-state index contributed by atoms with van der Waals surface area (Å²) in [6.07, 6.45) is -0.0958. The van der Waals surface area contributed by atoms with Gasteiger partial charge in [-0.25, -0.2) is 0 Å². The van der Waals surface area contributed by atoms with Crippen molar-refractivity contribution in [2.45, 2.75) is 20.3 Å². The van der Waals surface area contributed by atoms with Crippen LogP contribution < -0.4 is 0 Å². The number of carbonyl (C=O) groups excluding carboxylic acids is 1. The van der Waals surface area contributed by atoms with Crippen LogP contribution in [0.3, 0.4) is 0 Å². The first-order valence-corrected chi connectivity index (χ1v) is 6.93. The Balaban J connectivity index is 2.31. The first kappa shape index (κ1) is 15.7. The minimum atomic E-state index is -0.938. The lowest BCUT2D eigenvalue weighted by Crippen LogP contribution is -2.33. The van der Waals surface area contributed by atoms with Gasteiger partial charge in [0.05, 0.1) is 17.5 Å². The second-order valence-corrected chi connectivity index (χ2v) is 4.72. The fourth-order valence-electron chi connectivity index (χ4n) is 2.07. The van der Waals surface area contributed by atoms with Gasteiger partial charge in [-0.15, -0.1) is 0 Å². The second-order valence-electron chi connectivity index (χ2n) is 4.72. The van der Waals surface area contributed by atoms with Gasteiger partial charge in [0.2, 0.25) is 0 Å². The molecule has 116 valence electrons. The van der Waals surface area contributed by atoms with Crippen LogP contribution in [0.25, 0.3) is 11.5 Å². The molecule has 0 saturated heterocycles. The average Bonchev–Trinajstić information content (AvgIpc) is 2.94. The molecule has 0 bridgehead atoms. The molecule has 0 spiro atoms. The Hall–Kier alpha value is -2.70. The number of hydrogen-bond donors (Lipinski definition) is 1. The van der Waals surface area contributed by atoms with Crippen molar-refractivity contribution in [1.29, 1.82) is 0 Å². The number of carbonyl (C=O) groups is 2. The van der Waals surface area contributed by atoms with E-state index in [-0.39, 0.29) is 24.8 Å². The highest BCUT2D eigenvalue weighted by molar-refractivity contribution is 6.00. The van der Waals surface area contributed by atoms with Crippen LogP contribution in [0.4, 0.5) is 0 Å². The van der Waals surface area contributed by atoms with Gasteiger partial charge in [0.1, 0.15) is 0 Å². The van der Waals surface area contributed by atoms with Crippen LogP contribution in [0.1, 0.15) is 29.5 Å². The third-order valence-corrected chi connectivity index (χ3v) is 3.18. The summed E-state index contributed by atoms with van der Waals surface area (Å²) < 4.78 is 5.13. The Morgan fingerprint density at radius 3 is 2.64 bits per heavy atom. The molecule has 0 fully saturated rings. The maximum atomic E-state index is 12.6. The summed E-state index contributed by atoms with van der Waals surface area (Å²) in [6, 6.07) is 6.91. The van der Waals surface area contributed by atoms with Crippen LogP contribution >= 0.6 is 0 Å². The first-order chi connectivity index (χ1) is 10.5. The molecule has 7 nitrogen and oxygen atoms in total. The highest BCUT2D eigenvalue weighted by atomic mass is 16.5. The SMILES string of the molecule is CCN(CCC(=O)O)C(=O)c1ccccc1-c1nc(C)no1. The fourth-order valence-corrected chi connectivity index (χ4v) is 2.07. The number of aliphatic carboxylic acids is 1. The van der Waals surface area contributed by atoms with E-state index in [0.717, 1.165) is 0 Å². The van der Waals surface area contributed by atoms with Gasteiger partial charge in [0.15, 0.2) is 5.82 Å². The van der Waals surface area contributed by atoms with Crippen LogP contribution in [-0.4, -0.2) is 45.1 Å². The van der Waals surface area contributed by atoms with E-state index < -0.39 is 5.97 Å². The lowest BCUT2D eigenvalue weighted by molar-refractivity contribution is -0.137. The summed E-state index contributed by atoms with van der Waals surface area (Å²) >= 11 is 0. The van der Waals surface area contributed by atoms with Crippen molar-refractivity contribution >= 4 is 11.9 Å². The van der Waals surface area contributed by atoms with Crippen LogP contribution in [0.2, 0.25) is 0 Å². The van der Waals surface area contributed by atoms with Gasteiger partial charge in [0.25, 0.3) is 11.8 Å². The number of aromatic nitrogens is 2. The van der Waals surface area contributed by atoms with Crippen molar-refractivity contribution in [3.63, 3.8) is 0 Å². The zero-order valence-corrected chi connectivity index (χ0v) is 12.4.